The van der Waals surface area contributed by atoms with Gasteiger partial charge < -0.3 is 5.32 Å². The summed E-state index contributed by atoms with van der Waals surface area (Å²) in [5.74, 6) is 0. The molecule has 2 nitrogen and oxygen atoms in total. The molecule has 0 heterocycles. The Labute approximate surface area is 115 Å². The number of nitrogens with one attached hydrogen (secondary N) is 1. The summed E-state index contributed by atoms with van der Waals surface area (Å²) < 4.78 is 0. The van der Waals surface area contributed by atoms with Gasteiger partial charge in [-0.1, -0.05) is 12.8 Å². The van der Waals surface area contributed by atoms with Crippen molar-refractivity contribution < 1.29 is 0 Å². The molecule has 2 heteroatoms. The molecule has 2 aliphatic carbocycles. The number of hydrogen-bond donors (Lipinski definition) is 1. The van der Waals surface area contributed by atoms with E-state index in [9.17, 15) is 0 Å². The molecule has 1 aromatic carbocycles. The van der Waals surface area contributed by atoms with Crippen LogP contribution in [0, 0.1) is 16.7 Å². The fraction of sp³-hybridized carbons (Fsp3) is 0.588. The van der Waals surface area contributed by atoms with Crippen molar-refractivity contribution in [3.8, 4) is 6.07 Å². The van der Waals surface area contributed by atoms with Gasteiger partial charge >= 0.3 is 0 Å². The highest BCUT2D eigenvalue weighted by Crippen LogP contribution is 2.49. The highest BCUT2D eigenvalue weighted by Gasteiger charge is 2.37. The van der Waals surface area contributed by atoms with Gasteiger partial charge in [0, 0.05) is 11.7 Å². The van der Waals surface area contributed by atoms with Crippen LogP contribution in [0.25, 0.3) is 0 Å². The lowest BCUT2D eigenvalue weighted by Gasteiger charge is -2.37. The molecule has 2 saturated carbocycles. The molecule has 100 valence electrons. The summed E-state index contributed by atoms with van der Waals surface area (Å²) in [6.45, 7) is 0. The van der Waals surface area contributed by atoms with E-state index in [1.165, 1.54) is 51.4 Å². The molecule has 0 atom stereocenters. The Kier molecular flexibility index (Phi) is 3.46. The van der Waals surface area contributed by atoms with E-state index in [0.717, 1.165) is 11.3 Å². The zero-order valence-electron chi connectivity index (χ0n) is 11.5. The highest BCUT2D eigenvalue weighted by molar-refractivity contribution is 5.47. The van der Waals surface area contributed by atoms with Gasteiger partial charge in [0.05, 0.1) is 11.6 Å². The van der Waals surface area contributed by atoms with Crippen LogP contribution in [0.3, 0.4) is 0 Å². The van der Waals surface area contributed by atoms with E-state index in [0.29, 0.717) is 11.5 Å². The second kappa shape index (κ2) is 5.25. The molecule has 0 aromatic heterocycles. The third-order valence-electron chi connectivity index (χ3n) is 5.10. The van der Waals surface area contributed by atoms with Gasteiger partial charge in [0.1, 0.15) is 0 Å². The number of rotatable bonds is 2. The Morgan fingerprint density at radius 1 is 1.00 bits per heavy atom. The fourth-order valence-corrected chi connectivity index (χ4v) is 3.88. The number of nitriles is 1. The Hall–Kier alpha value is -1.49. The van der Waals surface area contributed by atoms with Gasteiger partial charge in [-0.15, -0.1) is 0 Å². The Balaban J connectivity index is 1.55. The second-order valence-electron chi connectivity index (χ2n) is 6.31. The highest BCUT2D eigenvalue weighted by atomic mass is 14.9. The van der Waals surface area contributed by atoms with Crippen LogP contribution in [-0.4, -0.2) is 6.04 Å². The molecule has 0 unspecified atom stereocenters. The third kappa shape index (κ3) is 2.76. The maximum atomic E-state index is 8.80. The maximum Gasteiger partial charge on any atom is 0.0991 e. The zero-order chi connectivity index (χ0) is 13.1. The van der Waals surface area contributed by atoms with Crippen molar-refractivity contribution in [2.24, 2.45) is 5.41 Å². The molecule has 3 rings (SSSR count). The lowest BCUT2D eigenvalue weighted by molar-refractivity contribution is 0.188. The van der Waals surface area contributed by atoms with Gasteiger partial charge in [-0.25, -0.2) is 0 Å². The molecule has 0 bridgehead atoms. The standard InChI is InChI=1S/C17H22N2/c18-13-14-3-5-15(6-4-14)19-16-7-11-17(12-8-16)9-1-2-10-17/h3-6,16,19H,1-2,7-12H2. The van der Waals surface area contributed by atoms with E-state index in [1.807, 2.05) is 24.3 Å². The van der Waals surface area contributed by atoms with Crippen LogP contribution in [0.15, 0.2) is 24.3 Å². The van der Waals surface area contributed by atoms with Crippen molar-refractivity contribution in [1.29, 1.82) is 5.26 Å². The average Bonchev–Trinajstić information content (AvgIpc) is 2.91. The van der Waals surface area contributed by atoms with E-state index in [4.69, 9.17) is 5.26 Å². The predicted octanol–water partition coefficient (Wildman–Crippen LogP) is 4.47. The minimum absolute atomic E-state index is 0.624. The van der Waals surface area contributed by atoms with Crippen LogP contribution in [0.4, 0.5) is 5.69 Å². The van der Waals surface area contributed by atoms with Gasteiger partial charge in [0.25, 0.3) is 0 Å². The van der Waals surface area contributed by atoms with Crippen LogP contribution >= 0.6 is 0 Å². The minimum Gasteiger partial charge on any atom is -0.382 e. The molecule has 1 aromatic rings. The van der Waals surface area contributed by atoms with Crippen LogP contribution in [0.1, 0.15) is 56.9 Å². The van der Waals surface area contributed by atoms with Crippen LogP contribution in [0.5, 0.6) is 0 Å². The quantitative estimate of drug-likeness (QED) is 0.845. The van der Waals surface area contributed by atoms with Gasteiger partial charge in [-0.2, -0.15) is 5.26 Å². The molecule has 1 spiro atoms. The second-order valence-corrected chi connectivity index (χ2v) is 6.31. The van der Waals surface area contributed by atoms with Crippen molar-refractivity contribution in [3.63, 3.8) is 0 Å². The van der Waals surface area contributed by atoms with Crippen LogP contribution < -0.4 is 5.32 Å². The van der Waals surface area contributed by atoms with Crippen LogP contribution in [-0.2, 0) is 0 Å². The van der Waals surface area contributed by atoms with Gasteiger partial charge in [0.2, 0.25) is 0 Å². The third-order valence-corrected chi connectivity index (χ3v) is 5.10. The number of nitrogens with zero attached hydrogens (tertiary/aromatic N) is 1. The monoisotopic (exact) mass is 254 g/mol. The van der Waals surface area contributed by atoms with Crippen molar-refractivity contribution in [3.05, 3.63) is 29.8 Å². The summed E-state index contributed by atoms with van der Waals surface area (Å²) >= 11 is 0. The van der Waals surface area contributed by atoms with E-state index in [2.05, 4.69) is 11.4 Å². The number of anilines is 1. The summed E-state index contributed by atoms with van der Waals surface area (Å²) in [5.41, 5.74) is 2.61. The van der Waals surface area contributed by atoms with Gasteiger partial charge in [0.15, 0.2) is 0 Å². The largest absolute Gasteiger partial charge is 0.382 e. The Morgan fingerprint density at radius 2 is 1.63 bits per heavy atom. The summed E-state index contributed by atoms with van der Waals surface area (Å²) in [4.78, 5) is 0. The van der Waals surface area contributed by atoms with Crippen LogP contribution in [0.2, 0.25) is 0 Å². The van der Waals surface area contributed by atoms with Gasteiger partial charge in [-0.05, 0) is 68.2 Å². The molecule has 0 saturated heterocycles. The maximum absolute atomic E-state index is 8.80. The van der Waals surface area contributed by atoms with Crippen molar-refractivity contribution in [2.45, 2.75) is 57.4 Å². The lowest BCUT2D eigenvalue weighted by Crippen LogP contribution is -2.31. The molecule has 2 fully saturated rings. The first-order valence-electron chi connectivity index (χ1n) is 7.56. The minimum atomic E-state index is 0.624. The Morgan fingerprint density at radius 3 is 2.21 bits per heavy atom. The molecule has 1 N–H and O–H groups in total. The smallest absolute Gasteiger partial charge is 0.0991 e. The number of hydrogen-bond acceptors (Lipinski definition) is 2. The van der Waals surface area contributed by atoms with E-state index in [-0.39, 0.29) is 0 Å². The van der Waals surface area contributed by atoms with Crippen molar-refractivity contribution in [1.82, 2.24) is 0 Å². The first-order chi connectivity index (χ1) is 9.30. The lowest BCUT2D eigenvalue weighted by atomic mass is 9.71. The first-order valence-corrected chi connectivity index (χ1v) is 7.56. The van der Waals surface area contributed by atoms with E-state index < -0.39 is 0 Å². The molecule has 0 aliphatic heterocycles. The molecular formula is C17H22N2. The Bertz CT molecular complexity index is 453. The zero-order valence-corrected chi connectivity index (χ0v) is 11.5. The molecular weight excluding hydrogens is 232 g/mol. The summed E-state index contributed by atoms with van der Waals surface area (Å²) in [5, 5.41) is 12.4. The van der Waals surface area contributed by atoms with E-state index >= 15 is 0 Å². The average molecular weight is 254 g/mol. The van der Waals surface area contributed by atoms with Crippen molar-refractivity contribution >= 4 is 5.69 Å². The fourth-order valence-electron chi connectivity index (χ4n) is 3.88. The molecule has 19 heavy (non-hydrogen) atoms. The predicted molar refractivity (Wildman–Crippen MR) is 77.9 cm³/mol. The summed E-state index contributed by atoms with van der Waals surface area (Å²) in [6, 6.07) is 10.6. The molecule has 0 amide bonds. The normalized spacial score (nSPS) is 22.3. The molecule has 0 radical (unpaired) electrons. The topological polar surface area (TPSA) is 35.8 Å². The SMILES string of the molecule is N#Cc1ccc(NC2CCC3(CCCC3)CC2)cc1. The van der Waals surface area contributed by atoms with Gasteiger partial charge in [-0.3, -0.25) is 0 Å². The van der Waals surface area contributed by atoms with Crippen molar-refractivity contribution in [2.75, 3.05) is 5.32 Å². The number of benzene rings is 1. The summed E-state index contributed by atoms with van der Waals surface area (Å²) in [6.07, 6.45) is 11.3. The molecule has 2 aliphatic rings. The van der Waals surface area contributed by atoms with E-state index in [1.54, 1.807) is 0 Å². The first kappa shape index (κ1) is 12.5. The summed E-state index contributed by atoms with van der Waals surface area (Å²) in [7, 11) is 0.